The second kappa shape index (κ2) is 6.62. The van der Waals surface area contributed by atoms with Crippen molar-refractivity contribution in [2.75, 3.05) is 0 Å². The number of benzene rings is 1. The van der Waals surface area contributed by atoms with Crippen molar-refractivity contribution in [2.45, 2.75) is 17.8 Å². The normalized spacial score (nSPS) is 11.3. The van der Waals surface area contributed by atoms with E-state index in [1.54, 1.807) is 6.20 Å². The lowest BCUT2D eigenvalue weighted by molar-refractivity contribution is 0.869. The number of hydrogen-bond donors (Lipinski definition) is 0. The molecule has 0 saturated carbocycles. The molecule has 0 radical (unpaired) electrons. The van der Waals surface area contributed by atoms with Crippen molar-refractivity contribution in [1.29, 1.82) is 0 Å². The van der Waals surface area contributed by atoms with Crippen LogP contribution in [0, 0.1) is 6.92 Å². The molecule has 0 aliphatic heterocycles. The molecule has 9 heteroatoms. The van der Waals surface area contributed by atoms with Crippen LogP contribution in [0.3, 0.4) is 0 Å². The lowest BCUT2D eigenvalue weighted by atomic mass is 10.3. The molecule has 0 saturated heterocycles. The summed E-state index contributed by atoms with van der Waals surface area (Å²) in [5.74, 6) is 0.542. The quantitative estimate of drug-likeness (QED) is 0.499. The maximum atomic E-state index is 12.1. The molecule has 3 aromatic heterocycles. The van der Waals surface area contributed by atoms with Crippen LogP contribution in [0.25, 0.3) is 10.6 Å². The highest BCUT2D eigenvalue weighted by Crippen LogP contribution is 2.25. The maximum absolute atomic E-state index is 12.1. The lowest BCUT2D eigenvalue weighted by Crippen LogP contribution is -2.15. The number of hydrogen-bond acceptors (Lipinski definition) is 6. The van der Waals surface area contributed by atoms with Gasteiger partial charge < -0.3 is 0 Å². The summed E-state index contributed by atoms with van der Waals surface area (Å²) in [7, 11) is 0. The minimum Gasteiger partial charge on any atom is -0.295 e. The minimum atomic E-state index is -0.164. The fourth-order valence-corrected chi connectivity index (χ4v) is 4.20. The summed E-state index contributed by atoms with van der Waals surface area (Å²) in [6, 6.07) is 9.09. The predicted octanol–water partition coefficient (Wildman–Crippen LogP) is 3.59. The SMILES string of the molecule is Cc1nn2c(=O)cc(CSc3nccn3-c3cccc(Cl)c3)nc2s1. The van der Waals surface area contributed by atoms with Gasteiger partial charge >= 0.3 is 0 Å². The Hall–Kier alpha value is -2.16. The molecule has 25 heavy (non-hydrogen) atoms. The van der Waals surface area contributed by atoms with Gasteiger partial charge in [0.1, 0.15) is 5.01 Å². The highest BCUT2D eigenvalue weighted by Gasteiger charge is 2.10. The Kier molecular flexibility index (Phi) is 4.32. The van der Waals surface area contributed by atoms with Crippen LogP contribution in [0.4, 0.5) is 0 Å². The van der Waals surface area contributed by atoms with E-state index < -0.39 is 0 Å². The Balaban J connectivity index is 1.60. The van der Waals surface area contributed by atoms with Gasteiger partial charge in [0.15, 0.2) is 5.16 Å². The summed E-state index contributed by atoms with van der Waals surface area (Å²) < 4.78 is 3.29. The summed E-state index contributed by atoms with van der Waals surface area (Å²) in [4.78, 5) is 21.6. The molecule has 1 aromatic carbocycles. The van der Waals surface area contributed by atoms with Crippen molar-refractivity contribution in [2.24, 2.45) is 0 Å². The van der Waals surface area contributed by atoms with Gasteiger partial charge in [-0.2, -0.15) is 9.61 Å². The number of rotatable bonds is 4. The molecule has 0 aliphatic carbocycles. The topological polar surface area (TPSA) is 65.1 Å². The van der Waals surface area contributed by atoms with Gasteiger partial charge in [0.2, 0.25) is 4.96 Å². The van der Waals surface area contributed by atoms with Crippen molar-refractivity contribution < 1.29 is 0 Å². The third-order valence-corrected chi connectivity index (χ3v) is 5.50. The average molecular weight is 390 g/mol. The number of nitrogens with zero attached hydrogens (tertiary/aromatic N) is 5. The zero-order chi connectivity index (χ0) is 17.4. The van der Waals surface area contributed by atoms with Crippen LogP contribution in [0.2, 0.25) is 5.02 Å². The van der Waals surface area contributed by atoms with Crippen molar-refractivity contribution in [3.63, 3.8) is 0 Å². The van der Waals surface area contributed by atoms with Crippen molar-refractivity contribution >= 4 is 39.7 Å². The Morgan fingerprint density at radius 1 is 1.32 bits per heavy atom. The zero-order valence-electron chi connectivity index (χ0n) is 13.1. The molecular weight excluding hydrogens is 378 g/mol. The van der Waals surface area contributed by atoms with Crippen molar-refractivity contribution in [3.8, 4) is 5.69 Å². The summed E-state index contributed by atoms with van der Waals surface area (Å²) in [5, 5.41) is 6.44. The second-order valence-electron chi connectivity index (χ2n) is 5.25. The smallest absolute Gasteiger partial charge is 0.275 e. The number of thioether (sulfide) groups is 1. The fourth-order valence-electron chi connectivity index (χ4n) is 2.38. The molecule has 0 fully saturated rings. The Morgan fingerprint density at radius 3 is 3.04 bits per heavy atom. The number of halogens is 1. The summed E-state index contributed by atoms with van der Waals surface area (Å²) in [6.45, 7) is 1.86. The van der Waals surface area contributed by atoms with Crippen molar-refractivity contribution in [3.05, 3.63) is 68.8 Å². The molecule has 0 N–H and O–H groups in total. The lowest BCUT2D eigenvalue weighted by Gasteiger charge is -2.07. The van der Waals surface area contributed by atoms with Crippen LogP contribution in [-0.2, 0) is 5.75 Å². The van der Waals surface area contributed by atoms with Gasteiger partial charge in [-0.05, 0) is 25.1 Å². The molecule has 3 heterocycles. The number of aryl methyl sites for hydroxylation is 1. The van der Waals surface area contributed by atoms with Crippen LogP contribution in [0.15, 0.2) is 52.7 Å². The van der Waals surface area contributed by atoms with Crippen LogP contribution in [0.1, 0.15) is 10.7 Å². The van der Waals surface area contributed by atoms with E-state index in [0.29, 0.717) is 21.4 Å². The van der Waals surface area contributed by atoms with Gasteiger partial charge in [-0.1, -0.05) is 40.8 Å². The molecule has 4 rings (SSSR count). The highest BCUT2D eigenvalue weighted by molar-refractivity contribution is 7.98. The standard InChI is InChI=1S/C16H12ClN5OS2/c1-10-20-22-14(23)8-12(19-16(22)25-10)9-24-15-18-5-6-21(15)13-4-2-3-11(17)7-13/h2-8H,9H2,1H3. The Morgan fingerprint density at radius 2 is 2.20 bits per heavy atom. The van der Waals surface area contributed by atoms with Gasteiger partial charge in [-0.25, -0.2) is 9.97 Å². The van der Waals surface area contributed by atoms with Gasteiger partial charge in [0.25, 0.3) is 5.56 Å². The molecule has 0 amide bonds. The summed E-state index contributed by atoms with van der Waals surface area (Å²) in [5.41, 5.74) is 1.48. The van der Waals surface area contributed by atoms with E-state index in [0.717, 1.165) is 15.9 Å². The first kappa shape index (κ1) is 16.3. The van der Waals surface area contributed by atoms with E-state index in [1.807, 2.05) is 42.0 Å². The van der Waals surface area contributed by atoms with E-state index >= 15 is 0 Å². The zero-order valence-corrected chi connectivity index (χ0v) is 15.5. The predicted molar refractivity (Wildman–Crippen MR) is 100 cm³/mol. The van der Waals surface area contributed by atoms with Gasteiger partial charge in [0, 0.05) is 34.9 Å². The monoisotopic (exact) mass is 389 g/mol. The number of aromatic nitrogens is 5. The van der Waals surface area contributed by atoms with Gasteiger partial charge in [-0.15, -0.1) is 0 Å². The first-order valence-corrected chi connectivity index (χ1v) is 9.57. The van der Waals surface area contributed by atoms with E-state index in [1.165, 1.54) is 33.7 Å². The van der Waals surface area contributed by atoms with Crippen LogP contribution < -0.4 is 5.56 Å². The van der Waals surface area contributed by atoms with Crippen molar-refractivity contribution in [1.82, 2.24) is 24.1 Å². The molecule has 0 spiro atoms. The molecule has 0 bridgehead atoms. The minimum absolute atomic E-state index is 0.164. The maximum Gasteiger partial charge on any atom is 0.275 e. The van der Waals surface area contributed by atoms with E-state index in [-0.39, 0.29) is 5.56 Å². The van der Waals surface area contributed by atoms with Crippen LogP contribution in [-0.4, -0.2) is 24.1 Å². The largest absolute Gasteiger partial charge is 0.295 e. The molecule has 0 aliphatic rings. The van der Waals surface area contributed by atoms with Gasteiger partial charge in [0.05, 0.1) is 5.69 Å². The van der Waals surface area contributed by atoms with Crippen LogP contribution in [0.5, 0.6) is 0 Å². The van der Waals surface area contributed by atoms with E-state index in [9.17, 15) is 4.79 Å². The first-order valence-electron chi connectivity index (χ1n) is 7.39. The highest BCUT2D eigenvalue weighted by atomic mass is 35.5. The Labute approximate surface area is 156 Å². The van der Waals surface area contributed by atoms with E-state index in [4.69, 9.17) is 11.6 Å². The van der Waals surface area contributed by atoms with Crippen LogP contribution >= 0.6 is 34.7 Å². The molecule has 0 atom stereocenters. The first-order chi connectivity index (χ1) is 12.1. The molecule has 0 unspecified atom stereocenters. The average Bonchev–Trinajstić information content (AvgIpc) is 3.19. The Bertz CT molecular complexity index is 1120. The molecular formula is C16H12ClN5OS2. The summed E-state index contributed by atoms with van der Waals surface area (Å²) >= 11 is 8.98. The molecule has 4 aromatic rings. The summed E-state index contributed by atoms with van der Waals surface area (Å²) in [6.07, 6.45) is 3.62. The number of fused-ring (bicyclic) bond motifs is 1. The third kappa shape index (κ3) is 3.33. The molecule has 6 nitrogen and oxygen atoms in total. The number of imidazole rings is 1. The fraction of sp³-hybridized carbons (Fsp3) is 0.125. The molecule has 126 valence electrons. The third-order valence-electron chi connectivity index (χ3n) is 3.44. The second-order valence-corrected chi connectivity index (χ2v) is 7.79. The van der Waals surface area contributed by atoms with E-state index in [2.05, 4.69) is 15.1 Å². The van der Waals surface area contributed by atoms with Gasteiger partial charge in [-0.3, -0.25) is 9.36 Å².